The van der Waals surface area contributed by atoms with Crippen molar-refractivity contribution in [2.75, 3.05) is 0 Å². The van der Waals surface area contributed by atoms with Crippen LogP contribution in [0.5, 0.6) is 0 Å². The monoisotopic (exact) mass is 263 g/mol. The van der Waals surface area contributed by atoms with E-state index in [4.69, 9.17) is 0 Å². The lowest BCUT2D eigenvalue weighted by molar-refractivity contribution is 0.0733. The summed E-state index contributed by atoms with van der Waals surface area (Å²) in [6, 6.07) is 6.38. The van der Waals surface area contributed by atoms with Crippen LogP contribution >= 0.6 is 0 Å². The molecule has 0 amide bonds. The number of aliphatic hydroxyl groups is 1. The van der Waals surface area contributed by atoms with E-state index in [1.165, 1.54) is 25.0 Å². The average molecular weight is 263 g/mol. The highest BCUT2D eigenvalue weighted by Crippen LogP contribution is 2.52. The molecule has 0 aliphatic carbocycles. The first-order chi connectivity index (χ1) is 9.09. The van der Waals surface area contributed by atoms with E-state index in [0.29, 0.717) is 5.56 Å². The maximum atomic E-state index is 13.3. The Morgan fingerprint density at radius 1 is 1.32 bits per heavy atom. The van der Waals surface area contributed by atoms with Crippen molar-refractivity contribution in [2.45, 2.75) is 62.6 Å². The van der Waals surface area contributed by atoms with Gasteiger partial charge in [-0.2, -0.15) is 0 Å². The van der Waals surface area contributed by atoms with Crippen LogP contribution in [-0.2, 0) is 0 Å². The molecule has 0 radical (unpaired) electrons. The van der Waals surface area contributed by atoms with Crippen molar-refractivity contribution in [2.24, 2.45) is 0 Å². The topological polar surface area (TPSA) is 32.3 Å². The number of halogens is 1. The summed E-state index contributed by atoms with van der Waals surface area (Å²) in [7, 11) is 0. The third-order valence-electron chi connectivity index (χ3n) is 5.03. The Hall–Kier alpha value is -0.930. The quantitative estimate of drug-likeness (QED) is 0.873. The Balaban J connectivity index is 1.84. The Kier molecular flexibility index (Phi) is 3.14. The zero-order valence-corrected chi connectivity index (χ0v) is 11.5. The minimum absolute atomic E-state index is 0.225. The lowest BCUT2D eigenvalue weighted by Crippen LogP contribution is -2.46. The van der Waals surface area contributed by atoms with Crippen molar-refractivity contribution in [1.29, 1.82) is 0 Å². The second kappa shape index (κ2) is 4.57. The van der Waals surface area contributed by atoms with Gasteiger partial charge in [-0.25, -0.2) is 4.39 Å². The summed E-state index contributed by atoms with van der Waals surface area (Å²) in [6.45, 7) is 2.21. The van der Waals surface area contributed by atoms with E-state index in [0.717, 1.165) is 25.7 Å². The fraction of sp³-hybridized carbons (Fsp3) is 0.625. The Morgan fingerprint density at radius 3 is 2.68 bits per heavy atom. The molecule has 1 aromatic carbocycles. The van der Waals surface area contributed by atoms with Crippen molar-refractivity contribution in [3.8, 4) is 0 Å². The van der Waals surface area contributed by atoms with Gasteiger partial charge in [0.05, 0.1) is 6.10 Å². The molecule has 104 valence electrons. The first-order valence-corrected chi connectivity index (χ1v) is 7.32. The van der Waals surface area contributed by atoms with E-state index in [1.807, 2.05) is 6.07 Å². The predicted octanol–water partition coefficient (Wildman–Crippen LogP) is 3.31. The van der Waals surface area contributed by atoms with E-state index in [-0.39, 0.29) is 16.9 Å². The first-order valence-electron chi connectivity index (χ1n) is 7.32. The predicted molar refractivity (Wildman–Crippen MR) is 73.3 cm³/mol. The molecule has 3 heteroatoms. The fourth-order valence-electron chi connectivity index (χ4n) is 4.08. The molecule has 19 heavy (non-hydrogen) atoms. The van der Waals surface area contributed by atoms with Crippen LogP contribution in [0.4, 0.5) is 4.39 Å². The van der Waals surface area contributed by atoms with Gasteiger partial charge >= 0.3 is 0 Å². The molecule has 2 N–H and O–H groups in total. The van der Waals surface area contributed by atoms with Gasteiger partial charge in [0.1, 0.15) is 5.82 Å². The molecule has 0 saturated carbocycles. The van der Waals surface area contributed by atoms with E-state index >= 15 is 0 Å². The highest BCUT2D eigenvalue weighted by Gasteiger charge is 2.56. The maximum absolute atomic E-state index is 13.3. The molecule has 1 aromatic rings. The summed E-state index contributed by atoms with van der Waals surface area (Å²) in [5, 5.41) is 14.4. The zero-order valence-electron chi connectivity index (χ0n) is 11.5. The number of rotatable bonds is 4. The van der Waals surface area contributed by atoms with E-state index in [2.05, 4.69) is 12.2 Å². The van der Waals surface area contributed by atoms with Crippen LogP contribution in [0.3, 0.4) is 0 Å². The molecule has 1 atom stereocenters. The first kappa shape index (κ1) is 13.1. The average Bonchev–Trinajstić information content (AvgIpc) is 2.95. The van der Waals surface area contributed by atoms with Gasteiger partial charge in [-0.05, 0) is 49.8 Å². The fourth-order valence-corrected chi connectivity index (χ4v) is 4.08. The molecule has 2 saturated heterocycles. The summed E-state index contributed by atoms with van der Waals surface area (Å²) in [4.78, 5) is 0. The van der Waals surface area contributed by atoms with Crippen molar-refractivity contribution in [3.63, 3.8) is 0 Å². The molecule has 0 aromatic heterocycles. The third kappa shape index (κ3) is 2.09. The smallest absolute Gasteiger partial charge is 0.123 e. The Bertz CT molecular complexity index is 466. The van der Waals surface area contributed by atoms with E-state index < -0.39 is 6.10 Å². The molecule has 2 fully saturated rings. The van der Waals surface area contributed by atoms with Crippen molar-refractivity contribution < 1.29 is 9.50 Å². The van der Waals surface area contributed by atoms with Gasteiger partial charge in [-0.15, -0.1) is 0 Å². The Labute approximate surface area is 114 Å². The highest BCUT2D eigenvalue weighted by atomic mass is 19.1. The number of fused-ring (bicyclic) bond motifs is 2. The summed E-state index contributed by atoms with van der Waals surface area (Å²) >= 11 is 0. The van der Waals surface area contributed by atoms with Gasteiger partial charge in [0.25, 0.3) is 0 Å². The van der Waals surface area contributed by atoms with Crippen LogP contribution in [0.15, 0.2) is 24.3 Å². The van der Waals surface area contributed by atoms with Gasteiger partial charge < -0.3 is 10.4 Å². The lowest BCUT2D eigenvalue weighted by Gasteiger charge is -2.32. The molecular formula is C16H22FNO. The van der Waals surface area contributed by atoms with Crippen molar-refractivity contribution >= 4 is 0 Å². The molecular weight excluding hydrogens is 241 g/mol. The largest absolute Gasteiger partial charge is 0.386 e. The number of nitrogens with one attached hydrogen (secondary N) is 1. The second-order valence-corrected chi connectivity index (χ2v) is 6.27. The van der Waals surface area contributed by atoms with E-state index in [1.54, 1.807) is 6.07 Å². The van der Waals surface area contributed by atoms with Gasteiger partial charge in [-0.1, -0.05) is 25.5 Å². The van der Waals surface area contributed by atoms with Gasteiger partial charge in [0.2, 0.25) is 0 Å². The van der Waals surface area contributed by atoms with E-state index in [9.17, 15) is 9.50 Å². The standard InChI is InChI=1S/C16H22FNO/c1-2-6-15-7-9-16(18-15,10-8-15)14(19)12-4-3-5-13(17)11-12/h3-5,11,14,18-19H,2,6-10H2,1H3/t14-,15?,16?/m0/s1. The minimum Gasteiger partial charge on any atom is -0.386 e. The van der Waals surface area contributed by atoms with Gasteiger partial charge in [0.15, 0.2) is 0 Å². The maximum Gasteiger partial charge on any atom is 0.123 e. The zero-order chi connectivity index (χ0) is 13.5. The minimum atomic E-state index is -0.607. The molecule has 0 spiro atoms. The molecule has 2 bridgehead atoms. The number of benzene rings is 1. The molecule has 2 nitrogen and oxygen atoms in total. The number of hydrogen-bond donors (Lipinski definition) is 2. The van der Waals surface area contributed by atoms with Crippen molar-refractivity contribution in [3.05, 3.63) is 35.6 Å². The molecule has 2 aliphatic rings. The number of hydrogen-bond acceptors (Lipinski definition) is 2. The van der Waals surface area contributed by atoms with Crippen LogP contribution in [0.2, 0.25) is 0 Å². The van der Waals surface area contributed by atoms with Gasteiger partial charge in [0, 0.05) is 11.1 Å². The molecule has 0 unspecified atom stereocenters. The lowest BCUT2D eigenvalue weighted by atomic mass is 9.76. The highest BCUT2D eigenvalue weighted by molar-refractivity contribution is 5.26. The second-order valence-electron chi connectivity index (χ2n) is 6.27. The van der Waals surface area contributed by atoms with Crippen LogP contribution in [-0.4, -0.2) is 16.2 Å². The van der Waals surface area contributed by atoms with Crippen molar-refractivity contribution in [1.82, 2.24) is 5.32 Å². The SMILES string of the molecule is CCCC12CCC([C@@H](O)c3cccc(F)c3)(CC1)N2. The molecule has 2 heterocycles. The molecule has 2 aliphatic heterocycles. The third-order valence-corrected chi connectivity index (χ3v) is 5.03. The summed E-state index contributed by atoms with van der Waals surface area (Å²) in [5.74, 6) is -0.274. The molecule has 3 rings (SSSR count). The summed E-state index contributed by atoms with van der Waals surface area (Å²) < 4.78 is 13.3. The van der Waals surface area contributed by atoms with Crippen LogP contribution < -0.4 is 5.32 Å². The summed E-state index contributed by atoms with van der Waals surface area (Å²) in [5.41, 5.74) is 0.688. The van der Waals surface area contributed by atoms with Gasteiger partial charge in [-0.3, -0.25) is 0 Å². The summed E-state index contributed by atoms with van der Waals surface area (Å²) in [6.07, 6.45) is 5.98. The van der Waals surface area contributed by atoms with Crippen LogP contribution in [0, 0.1) is 5.82 Å². The number of aliphatic hydroxyl groups excluding tert-OH is 1. The van der Waals surface area contributed by atoms with Crippen LogP contribution in [0.1, 0.15) is 57.1 Å². The Morgan fingerprint density at radius 2 is 2.05 bits per heavy atom. The van der Waals surface area contributed by atoms with Crippen LogP contribution in [0.25, 0.3) is 0 Å². The normalized spacial score (nSPS) is 34.7.